The number of nitrogens with zero attached hydrogens (tertiary/aromatic N) is 3. The molecule has 1 amide bonds. The van der Waals surface area contributed by atoms with Crippen molar-refractivity contribution in [1.82, 2.24) is 14.7 Å². The Labute approximate surface area is 169 Å². The molecule has 0 unspecified atom stereocenters. The number of benzene rings is 1. The number of aryl methyl sites for hydroxylation is 2. The predicted octanol–water partition coefficient (Wildman–Crippen LogP) is 4.54. The van der Waals surface area contributed by atoms with Gasteiger partial charge in [0.25, 0.3) is 0 Å². The van der Waals surface area contributed by atoms with Crippen molar-refractivity contribution in [2.75, 3.05) is 18.4 Å². The van der Waals surface area contributed by atoms with Crippen molar-refractivity contribution >= 4 is 11.6 Å². The second-order valence-electron chi connectivity index (χ2n) is 8.15. The molecule has 28 heavy (non-hydrogen) atoms. The normalized spacial score (nSPS) is 15.7. The molecule has 1 aromatic carbocycles. The fourth-order valence-corrected chi connectivity index (χ4v) is 4.03. The molecule has 1 aliphatic rings. The number of amides is 1. The van der Waals surface area contributed by atoms with Gasteiger partial charge in [-0.15, -0.1) is 0 Å². The van der Waals surface area contributed by atoms with Gasteiger partial charge in [0.05, 0.1) is 6.20 Å². The van der Waals surface area contributed by atoms with E-state index in [4.69, 9.17) is 0 Å². The number of nitrogens with one attached hydrogen (secondary N) is 1. The number of aromatic nitrogens is 2. The van der Waals surface area contributed by atoms with E-state index in [9.17, 15) is 4.79 Å². The molecule has 2 heterocycles. The lowest BCUT2D eigenvalue weighted by Crippen LogP contribution is -2.33. The van der Waals surface area contributed by atoms with Gasteiger partial charge in [-0.05, 0) is 76.2 Å². The van der Waals surface area contributed by atoms with E-state index in [1.165, 1.54) is 29.7 Å². The number of anilines is 1. The van der Waals surface area contributed by atoms with Crippen LogP contribution in [0.15, 0.2) is 30.5 Å². The molecule has 1 fully saturated rings. The van der Waals surface area contributed by atoms with Gasteiger partial charge in [0.15, 0.2) is 0 Å². The van der Waals surface area contributed by atoms with Crippen LogP contribution in [0.2, 0.25) is 0 Å². The van der Waals surface area contributed by atoms with Crippen LogP contribution in [0.1, 0.15) is 55.8 Å². The molecule has 1 aliphatic heterocycles. The summed E-state index contributed by atoms with van der Waals surface area (Å²) in [6.07, 6.45) is 7.11. The van der Waals surface area contributed by atoms with Gasteiger partial charge < -0.3 is 5.32 Å². The minimum absolute atomic E-state index is 0.131. The Kier molecular flexibility index (Phi) is 7.26. The van der Waals surface area contributed by atoms with E-state index in [0.717, 1.165) is 44.7 Å². The number of piperidine rings is 1. The quantitative estimate of drug-likeness (QED) is 0.729. The lowest BCUT2D eigenvalue weighted by molar-refractivity contribution is -0.116. The van der Waals surface area contributed by atoms with E-state index in [1.54, 1.807) is 0 Å². The number of carbonyl (C=O) groups excluding carboxylic acids is 1. The Morgan fingerprint density at radius 1 is 1.25 bits per heavy atom. The zero-order chi connectivity index (χ0) is 19.9. The Morgan fingerprint density at radius 2 is 2.04 bits per heavy atom. The van der Waals surface area contributed by atoms with Gasteiger partial charge in [-0.1, -0.05) is 19.1 Å². The number of likely N-dealkylation sites (tertiary alicyclic amines) is 1. The first-order valence-corrected chi connectivity index (χ1v) is 10.6. The first-order chi connectivity index (χ1) is 13.5. The molecule has 0 aliphatic carbocycles. The highest BCUT2D eigenvalue weighted by Crippen LogP contribution is 2.24. The van der Waals surface area contributed by atoms with Crippen molar-refractivity contribution in [3.8, 4) is 0 Å². The minimum atomic E-state index is 0.131. The van der Waals surface area contributed by atoms with Gasteiger partial charge in [-0.2, -0.15) is 5.10 Å². The number of hydrogen-bond acceptors (Lipinski definition) is 3. The van der Waals surface area contributed by atoms with Crippen LogP contribution < -0.4 is 5.32 Å². The van der Waals surface area contributed by atoms with Crippen molar-refractivity contribution in [3.63, 3.8) is 0 Å². The second kappa shape index (κ2) is 9.87. The molecular formula is C23H34N4O. The highest BCUT2D eigenvalue weighted by molar-refractivity contribution is 5.90. The van der Waals surface area contributed by atoms with Crippen LogP contribution in [-0.4, -0.2) is 33.7 Å². The molecule has 5 heteroatoms. The zero-order valence-corrected chi connectivity index (χ0v) is 17.6. The fraction of sp³-hybridized carbons (Fsp3) is 0.565. The lowest BCUT2D eigenvalue weighted by atomic mass is 9.92. The van der Waals surface area contributed by atoms with E-state index in [2.05, 4.69) is 33.8 Å². The van der Waals surface area contributed by atoms with Gasteiger partial charge in [0.1, 0.15) is 0 Å². The standard InChI is InChI=1S/C23H34N4O/c1-4-12-27-19(3)21(16-24-27)17-26-13-10-20(11-14-26)8-9-23(28)25-22-7-5-6-18(2)15-22/h5-7,15-16,20H,4,8-14,17H2,1-3H3,(H,25,28). The van der Waals surface area contributed by atoms with Gasteiger partial charge in [-0.3, -0.25) is 14.4 Å². The maximum Gasteiger partial charge on any atom is 0.224 e. The second-order valence-corrected chi connectivity index (χ2v) is 8.15. The van der Waals surface area contributed by atoms with E-state index in [0.29, 0.717) is 12.3 Å². The summed E-state index contributed by atoms with van der Waals surface area (Å²) in [4.78, 5) is 14.8. The van der Waals surface area contributed by atoms with Crippen LogP contribution in [0.25, 0.3) is 0 Å². The zero-order valence-electron chi connectivity index (χ0n) is 17.6. The lowest BCUT2D eigenvalue weighted by Gasteiger charge is -2.31. The van der Waals surface area contributed by atoms with Gasteiger partial charge in [0.2, 0.25) is 5.91 Å². The molecule has 0 atom stereocenters. The predicted molar refractivity (Wildman–Crippen MR) is 114 cm³/mol. The molecular weight excluding hydrogens is 348 g/mol. The topological polar surface area (TPSA) is 50.2 Å². The summed E-state index contributed by atoms with van der Waals surface area (Å²) in [5.41, 5.74) is 4.72. The third kappa shape index (κ3) is 5.68. The maximum absolute atomic E-state index is 12.2. The molecule has 1 saturated heterocycles. The molecule has 5 nitrogen and oxygen atoms in total. The van der Waals surface area contributed by atoms with Crippen LogP contribution in [0.4, 0.5) is 5.69 Å². The highest BCUT2D eigenvalue weighted by Gasteiger charge is 2.21. The third-order valence-corrected chi connectivity index (χ3v) is 5.82. The van der Waals surface area contributed by atoms with E-state index < -0.39 is 0 Å². The summed E-state index contributed by atoms with van der Waals surface area (Å²) < 4.78 is 2.12. The van der Waals surface area contributed by atoms with Crippen molar-refractivity contribution in [1.29, 1.82) is 0 Å². The van der Waals surface area contributed by atoms with Crippen molar-refractivity contribution in [2.45, 2.75) is 66.0 Å². The summed E-state index contributed by atoms with van der Waals surface area (Å²) in [6, 6.07) is 7.99. The fourth-order valence-electron chi connectivity index (χ4n) is 4.03. The van der Waals surface area contributed by atoms with Crippen LogP contribution in [-0.2, 0) is 17.9 Å². The van der Waals surface area contributed by atoms with Crippen molar-refractivity contribution in [2.24, 2.45) is 5.92 Å². The molecule has 0 bridgehead atoms. The Balaban J connectivity index is 1.39. The third-order valence-electron chi connectivity index (χ3n) is 5.82. The highest BCUT2D eigenvalue weighted by atomic mass is 16.1. The molecule has 152 valence electrons. The summed E-state index contributed by atoms with van der Waals surface area (Å²) in [7, 11) is 0. The molecule has 1 aromatic heterocycles. The molecule has 2 aromatic rings. The summed E-state index contributed by atoms with van der Waals surface area (Å²) >= 11 is 0. The van der Waals surface area contributed by atoms with Crippen LogP contribution in [0.5, 0.6) is 0 Å². The van der Waals surface area contributed by atoms with E-state index in [-0.39, 0.29) is 5.91 Å². The molecule has 0 spiro atoms. The molecule has 3 rings (SSSR count). The van der Waals surface area contributed by atoms with E-state index >= 15 is 0 Å². The number of hydrogen-bond donors (Lipinski definition) is 1. The molecule has 0 saturated carbocycles. The first-order valence-electron chi connectivity index (χ1n) is 10.6. The van der Waals surface area contributed by atoms with Crippen LogP contribution in [0.3, 0.4) is 0 Å². The summed E-state index contributed by atoms with van der Waals surface area (Å²) in [6.45, 7) is 10.6. The first kappa shape index (κ1) is 20.6. The van der Waals surface area contributed by atoms with Gasteiger partial charge in [0, 0.05) is 36.5 Å². The maximum atomic E-state index is 12.2. The number of carbonyl (C=O) groups is 1. The van der Waals surface area contributed by atoms with E-state index in [1.807, 2.05) is 37.4 Å². The molecule has 1 N–H and O–H groups in total. The van der Waals surface area contributed by atoms with Crippen molar-refractivity contribution in [3.05, 3.63) is 47.3 Å². The summed E-state index contributed by atoms with van der Waals surface area (Å²) in [5, 5.41) is 7.54. The van der Waals surface area contributed by atoms with Gasteiger partial charge >= 0.3 is 0 Å². The average molecular weight is 383 g/mol. The Bertz CT molecular complexity index is 775. The van der Waals surface area contributed by atoms with Crippen molar-refractivity contribution < 1.29 is 4.79 Å². The smallest absolute Gasteiger partial charge is 0.224 e. The van der Waals surface area contributed by atoms with Gasteiger partial charge in [-0.25, -0.2) is 0 Å². The molecule has 0 radical (unpaired) electrons. The Morgan fingerprint density at radius 3 is 2.75 bits per heavy atom. The Hall–Kier alpha value is -2.14. The minimum Gasteiger partial charge on any atom is -0.326 e. The SMILES string of the molecule is CCCn1ncc(CN2CCC(CCC(=O)Nc3cccc(C)c3)CC2)c1C. The average Bonchev–Trinajstić information content (AvgIpc) is 3.01. The number of rotatable bonds is 8. The van der Waals surface area contributed by atoms with Crippen LogP contribution in [0, 0.1) is 19.8 Å². The summed E-state index contributed by atoms with van der Waals surface area (Å²) in [5.74, 6) is 0.787. The van der Waals surface area contributed by atoms with Crippen LogP contribution >= 0.6 is 0 Å². The largest absolute Gasteiger partial charge is 0.326 e. The monoisotopic (exact) mass is 382 g/mol.